The number of benzene rings is 2. The molecule has 1 aromatic heterocycles. The van der Waals surface area contributed by atoms with Gasteiger partial charge in [0, 0.05) is 11.6 Å². The van der Waals surface area contributed by atoms with Gasteiger partial charge >= 0.3 is 6.18 Å². The molecule has 1 heterocycles. The molecule has 1 N–H and O–H groups in total. The Morgan fingerprint density at radius 2 is 1.60 bits per heavy atom. The third-order valence-electron chi connectivity index (χ3n) is 3.29. The number of nitrogens with zero attached hydrogens (tertiary/aromatic N) is 1. The minimum atomic E-state index is -4.80. The summed E-state index contributed by atoms with van der Waals surface area (Å²) in [7, 11) is -4.49. The minimum absolute atomic E-state index is 0.212. The zero-order valence-corrected chi connectivity index (χ0v) is 13.3. The fourth-order valence-electron chi connectivity index (χ4n) is 2.19. The standard InChI is InChI=1S/C16H11F3N2O3S/c17-16(18,19)12-8-4-5-9-14(12)25(22,23)21-15-10-13(24-20-15)11-6-2-1-3-7-11/h1-10H,(H,20,21). The van der Waals surface area contributed by atoms with Gasteiger partial charge in [0.1, 0.15) is 0 Å². The van der Waals surface area contributed by atoms with E-state index < -0.39 is 26.7 Å². The Labute approximate surface area is 141 Å². The van der Waals surface area contributed by atoms with Crippen LogP contribution < -0.4 is 4.72 Å². The Hall–Kier alpha value is -2.81. The highest BCUT2D eigenvalue weighted by atomic mass is 32.2. The quantitative estimate of drug-likeness (QED) is 0.751. The van der Waals surface area contributed by atoms with Gasteiger partial charge in [0.25, 0.3) is 10.0 Å². The van der Waals surface area contributed by atoms with Crippen molar-refractivity contribution < 1.29 is 26.1 Å². The normalized spacial score (nSPS) is 12.1. The van der Waals surface area contributed by atoms with Crippen LogP contribution in [0.1, 0.15) is 5.56 Å². The fourth-order valence-corrected chi connectivity index (χ4v) is 3.40. The largest absolute Gasteiger partial charge is 0.417 e. The lowest BCUT2D eigenvalue weighted by Gasteiger charge is -2.12. The first-order valence-electron chi connectivity index (χ1n) is 6.98. The van der Waals surface area contributed by atoms with Crippen LogP contribution >= 0.6 is 0 Å². The molecule has 0 saturated heterocycles. The molecule has 25 heavy (non-hydrogen) atoms. The summed E-state index contributed by atoms with van der Waals surface area (Å²) in [5.41, 5.74) is -0.606. The first-order chi connectivity index (χ1) is 11.8. The molecule has 5 nitrogen and oxygen atoms in total. The van der Waals surface area contributed by atoms with Crippen LogP contribution in [-0.4, -0.2) is 13.6 Å². The van der Waals surface area contributed by atoms with Crippen molar-refractivity contribution in [3.8, 4) is 11.3 Å². The molecule has 0 aliphatic rings. The molecule has 0 atom stereocenters. The Kier molecular flexibility index (Phi) is 4.25. The molecule has 0 aliphatic heterocycles. The predicted octanol–water partition coefficient (Wildman–Crippen LogP) is 4.16. The summed E-state index contributed by atoms with van der Waals surface area (Å²) in [6, 6.07) is 13.9. The molecule has 3 rings (SSSR count). The van der Waals surface area contributed by atoms with Crippen molar-refractivity contribution in [3.63, 3.8) is 0 Å². The van der Waals surface area contributed by atoms with Crippen LogP contribution in [0.2, 0.25) is 0 Å². The van der Waals surface area contributed by atoms with Gasteiger partial charge in [0.15, 0.2) is 11.6 Å². The van der Waals surface area contributed by atoms with Crippen molar-refractivity contribution in [2.75, 3.05) is 4.72 Å². The molecule has 0 aliphatic carbocycles. The number of aromatic nitrogens is 1. The van der Waals surface area contributed by atoms with Crippen molar-refractivity contribution in [3.05, 3.63) is 66.2 Å². The van der Waals surface area contributed by atoms with Gasteiger partial charge in [-0.25, -0.2) is 8.42 Å². The number of rotatable bonds is 4. The zero-order chi connectivity index (χ0) is 18.1. The lowest BCUT2D eigenvalue weighted by Crippen LogP contribution is -2.19. The number of alkyl halides is 3. The van der Waals surface area contributed by atoms with Crippen molar-refractivity contribution >= 4 is 15.8 Å². The van der Waals surface area contributed by atoms with E-state index in [0.29, 0.717) is 11.6 Å². The number of hydrogen-bond donors (Lipinski definition) is 1. The van der Waals surface area contributed by atoms with Crippen LogP contribution in [0, 0.1) is 0 Å². The highest BCUT2D eigenvalue weighted by molar-refractivity contribution is 7.92. The summed E-state index contributed by atoms with van der Waals surface area (Å²) in [5.74, 6) is 0.0678. The summed E-state index contributed by atoms with van der Waals surface area (Å²) in [6.45, 7) is 0. The number of hydrogen-bond acceptors (Lipinski definition) is 4. The summed E-state index contributed by atoms with van der Waals surface area (Å²) >= 11 is 0. The molecule has 3 aromatic rings. The molecule has 2 aromatic carbocycles. The van der Waals surface area contributed by atoms with Gasteiger partial charge in [-0.15, -0.1) is 0 Å². The van der Waals surface area contributed by atoms with Crippen LogP contribution in [-0.2, 0) is 16.2 Å². The topological polar surface area (TPSA) is 72.2 Å². The van der Waals surface area contributed by atoms with E-state index in [9.17, 15) is 21.6 Å². The SMILES string of the molecule is O=S(=O)(Nc1cc(-c2ccccc2)on1)c1ccccc1C(F)(F)F. The Balaban J connectivity index is 1.93. The molecule has 0 bridgehead atoms. The monoisotopic (exact) mass is 368 g/mol. The zero-order valence-electron chi connectivity index (χ0n) is 12.5. The minimum Gasteiger partial charge on any atom is -0.354 e. The van der Waals surface area contributed by atoms with Gasteiger partial charge in [0.2, 0.25) is 0 Å². The van der Waals surface area contributed by atoms with E-state index in [1.54, 1.807) is 30.3 Å². The van der Waals surface area contributed by atoms with E-state index in [0.717, 1.165) is 12.1 Å². The number of halogens is 3. The highest BCUT2D eigenvalue weighted by Crippen LogP contribution is 2.34. The first-order valence-corrected chi connectivity index (χ1v) is 8.47. The number of anilines is 1. The number of sulfonamides is 1. The van der Waals surface area contributed by atoms with Crippen LogP contribution in [0.3, 0.4) is 0 Å². The Bertz CT molecular complexity index is 983. The van der Waals surface area contributed by atoms with Gasteiger partial charge < -0.3 is 4.52 Å². The second-order valence-corrected chi connectivity index (χ2v) is 6.69. The molecule has 130 valence electrons. The third-order valence-corrected chi connectivity index (χ3v) is 4.70. The predicted molar refractivity (Wildman–Crippen MR) is 84.2 cm³/mol. The third kappa shape index (κ3) is 3.66. The van der Waals surface area contributed by atoms with Crippen LogP contribution in [0.25, 0.3) is 11.3 Å². The van der Waals surface area contributed by atoms with Crippen molar-refractivity contribution in [1.29, 1.82) is 0 Å². The van der Waals surface area contributed by atoms with E-state index in [1.807, 2.05) is 4.72 Å². The maximum atomic E-state index is 13.0. The molecule has 0 saturated carbocycles. The first kappa shape index (κ1) is 17.0. The molecule has 0 amide bonds. The summed E-state index contributed by atoms with van der Waals surface area (Å²) in [6.07, 6.45) is -4.80. The van der Waals surface area contributed by atoms with Gasteiger partial charge in [-0.05, 0) is 12.1 Å². The lowest BCUT2D eigenvalue weighted by molar-refractivity contribution is -0.139. The van der Waals surface area contributed by atoms with E-state index in [2.05, 4.69) is 5.16 Å². The summed E-state index contributed by atoms with van der Waals surface area (Å²) < 4.78 is 70.7. The second-order valence-electron chi connectivity index (χ2n) is 5.04. The van der Waals surface area contributed by atoms with Crippen LogP contribution in [0.15, 0.2) is 70.1 Å². The van der Waals surface area contributed by atoms with Gasteiger partial charge in [0.05, 0.1) is 10.5 Å². The van der Waals surface area contributed by atoms with Crippen LogP contribution in [0.4, 0.5) is 19.0 Å². The van der Waals surface area contributed by atoms with Gasteiger partial charge in [-0.3, -0.25) is 4.72 Å². The Morgan fingerprint density at radius 3 is 2.28 bits per heavy atom. The van der Waals surface area contributed by atoms with E-state index in [4.69, 9.17) is 4.52 Å². The van der Waals surface area contributed by atoms with E-state index >= 15 is 0 Å². The average molecular weight is 368 g/mol. The van der Waals surface area contributed by atoms with Gasteiger partial charge in [-0.2, -0.15) is 13.2 Å². The molecular weight excluding hydrogens is 357 g/mol. The van der Waals surface area contributed by atoms with E-state index in [-0.39, 0.29) is 11.6 Å². The van der Waals surface area contributed by atoms with Crippen molar-refractivity contribution in [2.24, 2.45) is 0 Å². The average Bonchev–Trinajstić information content (AvgIpc) is 3.03. The molecule has 0 unspecified atom stereocenters. The van der Waals surface area contributed by atoms with E-state index in [1.165, 1.54) is 12.1 Å². The molecule has 0 spiro atoms. The van der Waals surface area contributed by atoms with Crippen LogP contribution in [0.5, 0.6) is 0 Å². The molecular formula is C16H11F3N2O3S. The van der Waals surface area contributed by atoms with Gasteiger partial charge in [-0.1, -0.05) is 47.6 Å². The summed E-state index contributed by atoms with van der Waals surface area (Å²) in [5, 5.41) is 3.55. The maximum absolute atomic E-state index is 13.0. The number of nitrogens with one attached hydrogen (secondary N) is 1. The maximum Gasteiger partial charge on any atom is 0.417 e. The Morgan fingerprint density at radius 1 is 0.960 bits per heavy atom. The molecule has 0 radical (unpaired) electrons. The highest BCUT2D eigenvalue weighted by Gasteiger charge is 2.37. The van der Waals surface area contributed by atoms with Crippen molar-refractivity contribution in [2.45, 2.75) is 11.1 Å². The summed E-state index contributed by atoms with van der Waals surface area (Å²) in [4.78, 5) is -0.883. The fraction of sp³-hybridized carbons (Fsp3) is 0.0625. The lowest BCUT2D eigenvalue weighted by atomic mass is 10.2. The smallest absolute Gasteiger partial charge is 0.354 e. The second kappa shape index (κ2) is 6.25. The van der Waals surface area contributed by atoms with Crippen molar-refractivity contribution in [1.82, 2.24) is 5.16 Å². The molecule has 9 heteroatoms. The molecule has 0 fully saturated rings.